The van der Waals surface area contributed by atoms with Crippen LogP contribution in [0.2, 0.25) is 0 Å². The molecule has 2 atom stereocenters. The Morgan fingerprint density at radius 3 is 2.96 bits per heavy atom. The van der Waals surface area contributed by atoms with Crippen LogP contribution in [0.15, 0.2) is 34.5 Å². The highest BCUT2D eigenvalue weighted by Crippen LogP contribution is 2.40. The van der Waals surface area contributed by atoms with Gasteiger partial charge in [-0.05, 0) is 44.2 Å². The monoisotopic (exact) mass is 344 g/mol. The molecule has 2 aliphatic heterocycles. The number of nitrogens with zero attached hydrogens (tertiary/aromatic N) is 2. The Morgan fingerprint density at radius 1 is 1.30 bits per heavy atom. The van der Waals surface area contributed by atoms with Crippen LogP contribution in [0.5, 0.6) is 0 Å². The van der Waals surface area contributed by atoms with E-state index in [0.717, 1.165) is 36.5 Å². The average Bonchev–Trinajstić information content (AvgIpc) is 3.20. The van der Waals surface area contributed by atoms with E-state index in [-0.39, 0.29) is 11.3 Å². The number of carbonyl (C=O) groups excluding carboxylic acids is 1. The Bertz CT molecular complexity index is 702. The van der Waals surface area contributed by atoms with Crippen LogP contribution < -0.4 is 0 Å². The van der Waals surface area contributed by atoms with E-state index < -0.39 is 0 Å². The summed E-state index contributed by atoms with van der Waals surface area (Å²) in [6.45, 7) is 2.90. The second kappa shape index (κ2) is 6.29. The summed E-state index contributed by atoms with van der Waals surface area (Å²) in [4.78, 5) is 21.2. The van der Waals surface area contributed by atoms with Crippen LogP contribution in [0, 0.1) is 6.92 Å². The van der Waals surface area contributed by atoms with Crippen molar-refractivity contribution in [2.75, 3.05) is 6.54 Å². The third-order valence-electron chi connectivity index (χ3n) is 4.63. The molecule has 1 fully saturated rings. The van der Waals surface area contributed by atoms with Crippen molar-refractivity contribution in [3.8, 4) is 0 Å². The lowest BCUT2D eigenvalue weighted by atomic mass is 10.0. The van der Waals surface area contributed by atoms with E-state index in [4.69, 9.17) is 0 Å². The van der Waals surface area contributed by atoms with Gasteiger partial charge in [-0.25, -0.2) is 4.98 Å². The fourth-order valence-corrected chi connectivity index (χ4v) is 5.69. The fourth-order valence-electron chi connectivity index (χ4n) is 3.48. The normalized spacial score (nSPS) is 23.8. The number of hydrogen-bond acceptors (Lipinski definition) is 4. The molecule has 0 radical (unpaired) electrons. The van der Waals surface area contributed by atoms with Crippen molar-refractivity contribution in [3.05, 3.63) is 45.9 Å². The summed E-state index contributed by atoms with van der Waals surface area (Å²) in [5.41, 5.74) is 2.38. The van der Waals surface area contributed by atoms with Gasteiger partial charge in [-0.3, -0.25) is 4.79 Å². The molecule has 1 amide bonds. The summed E-state index contributed by atoms with van der Waals surface area (Å²) in [5, 5.41) is 3.23. The second-order valence-corrected chi connectivity index (χ2v) is 8.42. The molecule has 5 heteroatoms. The summed E-state index contributed by atoms with van der Waals surface area (Å²) < 4.78 is 0. The van der Waals surface area contributed by atoms with Crippen molar-refractivity contribution in [2.24, 2.45) is 0 Å². The summed E-state index contributed by atoms with van der Waals surface area (Å²) >= 11 is 3.43. The van der Waals surface area contributed by atoms with Gasteiger partial charge in [0.2, 0.25) is 5.91 Å². The van der Waals surface area contributed by atoms with Crippen molar-refractivity contribution in [1.29, 1.82) is 0 Å². The molecular formula is C18H20N2OS2. The zero-order chi connectivity index (χ0) is 15.8. The van der Waals surface area contributed by atoms with E-state index in [1.807, 2.05) is 6.92 Å². The Morgan fingerprint density at radius 2 is 2.17 bits per heavy atom. The highest BCUT2D eigenvalue weighted by molar-refractivity contribution is 8.01. The highest BCUT2D eigenvalue weighted by atomic mass is 32.2. The van der Waals surface area contributed by atoms with Gasteiger partial charge >= 0.3 is 0 Å². The number of carbonyl (C=O) groups is 1. The Balaban J connectivity index is 1.55. The number of thiazole rings is 1. The second-order valence-electron chi connectivity index (χ2n) is 6.29. The standard InChI is InChI=1S/C18H20N2OS2/c1-12-11-22-17(19-12)14-7-4-5-9-20(14)18(21)16-10-13-6-2-3-8-15(13)23-16/h2-3,6,8,11,14,16H,4-5,7,9-10H2,1H3/t14-,16+/m1/s1. The molecule has 0 unspecified atom stereocenters. The molecule has 0 bridgehead atoms. The van der Waals surface area contributed by atoms with Crippen LogP contribution in [-0.2, 0) is 11.2 Å². The van der Waals surface area contributed by atoms with E-state index in [1.54, 1.807) is 23.1 Å². The van der Waals surface area contributed by atoms with Crippen LogP contribution >= 0.6 is 23.1 Å². The maximum Gasteiger partial charge on any atom is 0.236 e. The quantitative estimate of drug-likeness (QED) is 0.818. The predicted molar refractivity (Wildman–Crippen MR) is 94.9 cm³/mol. The number of amides is 1. The van der Waals surface area contributed by atoms with Crippen molar-refractivity contribution < 1.29 is 4.79 Å². The maximum absolute atomic E-state index is 13.1. The van der Waals surface area contributed by atoms with Gasteiger partial charge < -0.3 is 4.90 Å². The summed E-state index contributed by atoms with van der Waals surface area (Å²) in [6, 6.07) is 8.58. The largest absolute Gasteiger partial charge is 0.332 e. The summed E-state index contributed by atoms with van der Waals surface area (Å²) in [5.74, 6) is 0.295. The van der Waals surface area contributed by atoms with E-state index in [0.29, 0.717) is 5.91 Å². The van der Waals surface area contributed by atoms with Crippen LogP contribution in [0.1, 0.15) is 41.6 Å². The Kier molecular flexibility index (Phi) is 4.16. The first-order valence-electron chi connectivity index (χ1n) is 8.19. The van der Waals surface area contributed by atoms with Crippen molar-refractivity contribution in [1.82, 2.24) is 9.88 Å². The minimum atomic E-state index is 0.0362. The van der Waals surface area contributed by atoms with E-state index in [1.165, 1.54) is 16.9 Å². The molecule has 3 nitrogen and oxygen atoms in total. The number of likely N-dealkylation sites (tertiary alicyclic amines) is 1. The molecule has 0 spiro atoms. The van der Waals surface area contributed by atoms with Gasteiger partial charge in [-0.2, -0.15) is 0 Å². The summed E-state index contributed by atoms with van der Waals surface area (Å²) in [7, 11) is 0. The van der Waals surface area contributed by atoms with Gasteiger partial charge in [0, 0.05) is 22.5 Å². The van der Waals surface area contributed by atoms with E-state index in [2.05, 4.69) is 39.5 Å². The van der Waals surface area contributed by atoms with Crippen LogP contribution in [-0.4, -0.2) is 27.6 Å². The van der Waals surface area contributed by atoms with Crippen molar-refractivity contribution in [2.45, 2.75) is 48.8 Å². The molecular weight excluding hydrogens is 324 g/mol. The lowest BCUT2D eigenvalue weighted by Gasteiger charge is -2.36. The van der Waals surface area contributed by atoms with E-state index >= 15 is 0 Å². The molecule has 120 valence electrons. The molecule has 2 aliphatic rings. The van der Waals surface area contributed by atoms with Crippen molar-refractivity contribution in [3.63, 3.8) is 0 Å². The number of piperidine rings is 1. The van der Waals surface area contributed by atoms with Crippen molar-refractivity contribution >= 4 is 29.0 Å². The fraction of sp³-hybridized carbons (Fsp3) is 0.444. The minimum Gasteiger partial charge on any atom is -0.332 e. The number of benzene rings is 1. The molecule has 3 heterocycles. The van der Waals surface area contributed by atoms with Gasteiger partial charge in [-0.1, -0.05) is 18.2 Å². The molecule has 1 aromatic carbocycles. The molecule has 0 N–H and O–H groups in total. The number of hydrogen-bond donors (Lipinski definition) is 0. The third-order valence-corrected chi connectivity index (χ3v) is 7.00. The smallest absolute Gasteiger partial charge is 0.236 e. The lowest BCUT2D eigenvalue weighted by molar-refractivity contribution is -0.134. The van der Waals surface area contributed by atoms with Crippen LogP contribution in [0.3, 0.4) is 0 Å². The van der Waals surface area contributed by atoms with Gasteiger partial charge in [0.1, 0.15) is 5.01 Å². The van der Waals surface area contributed by atoms with Gasteiger partial charge in [0.25, 0.3) is 0 Å². The SMILES string of the molecule is Cc1csc([C@H]2CCCCN2C(=O)[C@@H]2Cc3ccccc3S2)n1. The van der Waals surface area contributed by atoms with E-state index in [9.17, 15) is 4.79 Å². The molecule has 2 aromatic rings. The van der Waals surface area contributed by atoms with Crippen LogP contribution in [0.25, 0.3) is 0 Å². The molecule has 1 aromatic heterocycles. The first kappa shape index (κ1) is 15.2. The maximum atomic E-state index is 13.1. The lowest BCUT2D eigenvalue weighted by Crippen LogP contribution is -2.43. The highest BCUT2D eigenvalue weighted by Gasteiger charge is 2.36. The molecule has 0 aliphatic carbocycles. The van der Waals surface area contributed by atoms with Gasteiger partial charge in [-0.15, -0.1) is 23.1 Å². The van der Waals surface area contributed by atoms with Crippen LogP contribution in [0.4, 0.5) is 0 Å². The molecule has 1 saturated heterocycles. The number of aromatic nitrogens is 1. The third kappa shape index (κ3) is 2.92. The first-order valence-corrected chi connectivity index (χ1v) is 9.95. The first-order chi connectivity index (χ1) is 11.2. The Hall–Kier alpha value is -1.33. The minimum absolute atomic E-state index is 0.0362. The predicted octanol–water partition coefficient (Wildman–Crippen LogP) is 4.22. The number of aryl methyl sites for hydroxylation is 1. The zero-order valence-corrected chi connectivity index (χ0v) is 14.8. The Labute approximate surface area is 145 Å². The number of rotatable bonds is 2. The average molecular weight is 345 g/mol. The number of fused-ring (bicyclic) bond motifs is 1. The van der Waals surface area contributed by atoms with Gasteiger partial charge in [0.15, 0.2) is 0 Å². The molecule has 0 saturated carbocycles. The topological polar surface area (TPSA) is 33.2 Å². The van der Waals surface area contributed by atoms with Gasteiger partial charge in [0.05, 0.1) is 11.3 Å². The summed E-state index contributed by atoms with van der Waals surface area (Å²) in [6.07, 6.45) is 4.20. The molecule has 4 rings (SSSR count). The number of thioether (sulfide) groups is 1. The zero-order valence-electron chi connectivity index (χ0n) is 13.2. The molecule has 23 heavy (non-hydrogen) atoms.